The van der Waals surface area contributed by atoms with Crippen molar-refractivity contribution < 1.29 is 4.79 Å². The quantitative estimate of drug-likeness (QED) is 0.315. The minimum absolute atomic E-state index is 0.276. The highest BCUT2D eigenvalue weighted by atomic mass is 16.1. The van der Waals surface area contributed by atoms with Crippen molar-refractivity contribution in [2.45, 2.75) is 39.3 Å². The van der Waals surface area contributed by atoms with E-state index in [-0.39, 0.29) is 6.04 Å². The van der Waals surface area contributed by atoms with Crippen LogP contribution >= 0.6 is 0 Å². The summed E-state index contributed by atoms with van der Waals surface area (Å²) < 4.78 is 4.02. The number of rotatable bonds is 9. The minimum atomic E-state index is -0.392. The van der Waals surface area contributed by atoms with Crippen molar-refractivity contribution in [2.24, 2.45) is 5.73 Å². The lowest BCUT2D eigenvalue weighted by Gasteiger charge is -2.17. The van der Waals surface area contributed by atoms with Gasteiger partial charge in [0.05, 0.1) is 24.8 Å². The third kappa shape index (κ3) is 7.64. The van der Waals surface area contributed by atoms with Crippen LogP contribution < -0.4 is 16.0 Å². The lowest BCUT2D eigenvalue weighted by molar-refractivity contribution is -0.113. The van der Waals surface area contributed by atoms with Gasteiger partial charge >= 0.3 is 0 Å². The first kappa shape index (κ1) is 27.8. The van der Waals surface area contributed by atoms with E-state index >= 15 is 0 Å². The van der Waals surface area contributed by atoms with E-state index in [2.05, 4.69) is 50.8 Å². The van der Waals surface area contributed by atoms with Gasteiger partial charge in [-0.15, -0.1) is 0 Å². The molecule has 3 N–H and O–H groups in total. The molecule has 0 saturated carbocycles. The second kappa shape index (κ2) is 13.0. The molecule has 1 fully saturated rings. The maximum atomic E-state index is 10.1. The molecule has 0 radical (unpaired) electrons. The molecule has 1 saturated heterocycles. The van der Waals surface area contributed by atoms with E-state index in [1.165, 1.54) is 24.5 Å². The number of nitrogens with two attached hydrogens (primary N) is 1. The average Bonchev–Trinajstić information content (AvgIpc) is 3.66. The molecule has 39 heavy (non-hydrogen) atoms. The van der Waals surface area contributed by atoms with Gasteiger partial charge < -0.3 is 25.4 Å². The SMILES string of the molecule is CC(C)n1cnc2c(Nc3cnn(Cc4ccccc4)c3)nc(N3CCCC3)nc21.CN(C)C/C=C/C(N)=O. The second-order valence-corrected chi connectivity index (χ2v) is 10.1. The Balaban J connectivity index is 0.000000340. The average molecular weight is 531 g/mol. The van der Waals surface area contributed by atoms with E-state index < -0.39 is 5.91 Å². The summed E-state index contributed by atoms with van der Waals surface area (Å²) in [5.41, 5.74) is 8.57. The zero-order valence-corrected chi connectivity index (χ0v) is 23.2. The number of anilines is 3. The Bertz CT molecular complexity index is 1380. The smallest absolute Gasteiger partial charge is 0.241 e. The number of hydrogen-bond donors (Lipinski definition) is 2. The number of benzene rings is 1. The van der Waals surface area contributed by atoms with E-state index in [4.69, 9.17) is 15.7 Å². The van der Waals surface area contributed by atoms with Gasteiger partial charge in [0, 0.05) is 31.9 Å². The van der Waals surface area contributed by atoms with Gasteiger partial charge in [0.2, 0.25) is 11.9 Å². The molecular formula is C28H38N10O. The van der Waals surface area contributed by atoms with E-state index in [9.17, 15) is 4.79 Å². The Morgan fingerprint density at radius 3 is 2.56 bits per heavy atom. The fourth-order valence-corrected chi connectivity index (χ4v) is 4.23. The van der Waals surface area contributed by atoms with Crippen LogP contribution in [0.2, 0.25) is 0 Å². The highest BCUT2D eigenvalue weighted by Gasteiger charge is 2.21. The van der Waals surface area contributed by atoms with Gasteiger partial charge in [-0.05, 0) is 52.4 Å². The van der Waals surface area contributed by atoms with Gasteiger partial charge in [-0.3, -0.25) is 9.48 Å². The predicted molar refractivity (Wildman–Crippen MR) is 155 cm³/mol. The molecule has 0 unspecified atom stereocenters. The summed E-state index contributed by atoms with van der Waals surface area (Å²) in [6.07, 6.45) is 11.1. The molecule has 1 aliphatic rings. The molecule has 4 aromatic rings. The monoisotopic (exact) mass is 530 g/mol. The van der Waals surface area contributed by atoms with Gasteiger partial charge in [-0.1, -0.05) is 36.4 Å². The molecule has 4 heterocycles. The second-order valence-electron chi connectivity index (χ2n) is 10.1. The van der Waals surface area contributed by atoms with Crippen LogP contribution in [0.25, 0.3) is 11.2 Å². The van der Waals surface area contributed by atoms with E-state index in [0.29, 0.717) is 0 Å². The summed E-state index contributed by atoms with van der Waals surface area (Å²) in [7, 11) is 3.84. The first-order valence-electron chi connectivity index (χ1n) is 13.2. The number of nitrogens with zero attached hydrogens (tertiary/aromatic N) is 8. The largest absolute Gasteiger partial charge is 0.366 e. The zero-order chi connectivity index (χ0) is 27.8. The number of carbonyl (C=O) groups excluding carboxylic acids is 1. The number of primary amides is 1. The van der Waals surface area contributed by atoms with Gasteiger partial charge in [0.15, 0.2) is 17.0 Å². The topological polar surface area (TPSA) is 123 Å². The molecule has 5 rings (SSSR count). The normalized spacial score (nSPS) is 13.4. The van der Waals surface area contributed by atoms with E-state index in [0.717, 1.165) is 54.8 Å². The van der Waals surface area contributed by atoms with Crippen molar-refractivity contribution in [1.82, 2.24) is 34.2 Å². The Kier molecular flexibility index (Phi) is 9.27. The lowest BCUT2D eigenvalue weighted by Crippen LogP contribution is -2.21. The van der Waals surface area contributed by atoms with Crippen LogP contribution in [0.3, 0.4) is 0 Å². The van der Waals surface area contributed by atoms with Crippen LogP contribution in [0.15, 0.2) is 61.2 Å². The molecule has 0 spiro atoms. The predicted octanol–water partition coefficient (Wildman–Crippen LogP) is 3.59. The maximum Gasteiger partial charge on any atom is 0.241 e. The van der Waals surface area contributed by atoms with Gasteiger partial charge in [0.1, 0.15) is 0 Å². The molecule has 3 aromatic heterocycles. The van der Waals surface area contributed by atoms with Gasteiger partial charge in [0.25, 0.3) is 0 Å². The highest BCUT2D eigenvalue weighted by molar-refractivity contribution is 5.87. The van der Waals surface area contributed by atoms with Crippen molar-refractivity contribution in [3.8, 4) is 0 Å². The summed E-state index contributed by atoms with van der Waals surface area (Å²) in [5, 5.41) is 7.93. The third-order valence-electron chi connectivity index (χ3n) is 6.19. The number of hydrogen-bond acceptors (Lipinski definition) is 8. The molecule has 11 nitrogen and oxygen atoms in total. The van der Waals surface area contributed by atoms with Gasteiger partial charge in [-0.25, -0.2) is 4.98 Å². The van der Waals surface area contributed by atoms with Crippen LogP contribution in [-0.4, -0.2) is 73.8 Å². The standard InChI is InChI=1S/C22H26N8.C6H12N2O/c1-16(2)30-15-23-19-20(26-22(27-21(19)30)28-10-6-7-11-28)25-18-12-24-29(14-18)13-17-8-4-3-5-9-17;1-8(2)5-3-4-6(7)9/h3-5,8-9,12,14-16H,6-7,10-11,13H2,1-2H3,(H,25,26,27);3-4H,5H2,1-2H3,(H2,7,9)/b;4-3+. The number of imidazole rings is 1. The lowest BCUT2D eigenvalue weighted by atomic mass is 10.2. The fraction of sp³-hybridized carbons (Fsp3) is 0.393. The van der Waals surface area contributed by atoms with Crippen molar-refractivity contribution in [3.05, 3.63) is 66.8 Å². The Morgan fingerprint density at radius 2 is 1.90 bits per heavy atom. The van der Waals surface area contributed by atoms with Crippen LogP contribution in [0.4, 0.5) is 17.5 Å². The molecule has 206 valence electrons. The molecule has 1 amide bonds. The summed E-state index contributed by atoms with van der Waals surface area (Å²) >= 11 is 0. The number of carbonyl (C=O) groups is 1. The van der Waals surface area contributed by atoms with Crippen molar-refractivity contribution >= 4 is 34.5 Å². The van der Waals surface area contributed by atoms with Crippen LogP contribution in [-0.2, 0) is 11.3 Å². The molecule has 0 aliphatic carbocycles. The fourth-order valence-electron chi connectivity index (χ4n) is 4.23. The molecule has 1 aromatic carbocycles. The molecule has 1 aliphatic heterocycles. The van der Waals surface area contributed by atoms with Crippen molar-refractivity contribution in [3.63, 3.8) is 0 Å². The highest BCUT2D eigenvalue weighted by Crippen LogP contribution is 2.28. The number of aromatic nitrogens is 6. The Morgan fingerprint density at radius 1 is 1.15 bits per heavy atom. The zero-order valence-electron chi connectivity index (χ0n) is 23.2. The Hall–Kier alpha value is -4.25. The van der Waals surface area contributed by atoms with Crippen LogP contribution in [0.5, 0.6) is 0 Å². The van der Waals surface area contributed by atoms with Crippen molar-refractivity contribution in [2.75, 3.05) is 43.9 Å². The summed E-state index contributed by atoms with van der Waals surface area (Å²) in [4.78, 5) is 28.6. The number of fused-ring (bicyclic) bond motifs is 1. The molecule has 0 atom stereocenters. The third-order valence-corrected chi connectivity index (χ3v) is 6.19. The van der Waals surface area contributed by atoms with E-state index in [1.54, 1.807) is 6.08 Å². The van der Waals surface area contributed by atoms with Crippen LogP contribution in [0, 0.1) is 0 Å². The summed E-state index contributed by atoms with van der Waals surface area (Å²) in [5.74, 6) is 1.10. The van der Waals surface area contributed by atoms with Crippen molar-refractivity contribution in [1.29, 1.82) is 0 Å². The molecular weight excluding hydrogens is 492 g/mol. The number of likely N-dealkylation sites (N-methyl/N-ethyl adjacent to an activating group) is 1. The first-order chi connectivity index (χ1) is 18.8. The molecule has 0 bridgehead atoms. The minimum Gasteiger partial charge on any atom is -0.366 e. The Labute approximate surface area is 229 Å². The number of nitrogens with one attached hydrogen (secondary N) is 1. The molecule has 11 heteroatoms. The summed E-state index contributed by atoms with van der Waals surface area (Å²) in [6, 6.07) is 10.6. The van der Waals surface area contributed by atoms with E-state index in [1.807, 2.05) is 60.6 Å². The van der Waals surface area contributed by atoms with Gasteiger partial charge in [-0.2, -0.15) is 15.1 Å². The number of amides is 1. The van der Waals surface area contributed by atoms with Crippen LogP contribution in [0.1, 0.15) is 38.3 Å². The summed E-state index contributed by atoms with van der Waals surface area (Å²) in [6.45, 7) is 7.75. The first-order valence-corrected chi connectivity index (χ1v) is 13.2. The maximum absolute atomic E-state index is 10.1.